The number of carbonyl (C=O) groups is 2. The predicted molar refractivity (Wildman–Crippen MR) is 148 cm³/mol. The quantitative estimate of drug-likeness (QED) is 0.299. The van der Waals surface area contributed by atoms with E-state index in [1.54, 1.807) is 31.5 Å². The number of ether oxygens (including phenoxy) is 1. The first kappa shape index (κ1) is 30.3. The molecule has 4 rings (SSSR count). The maximum atomic E-state index is 13.9. The Morgan fingerprint density at radius 3 is 2.37 bits per heavy atom. The minimum absolute atomic E-state index is 0.00387. The number of nitrogens with zero attached hydrogens (tertiary/aromatic N) is 4. The molecule has 11 heteroatoms. The maximum absolute atomic E-state index is 13.9. The second-order valence-corrected chi connectivity index (χ2v) is 11.7. The lowest BCUT2D eigenvalue weighted by atomic mass is 10.0. The summed E-state index contributed by atoms with van der Waals surface area (Å²) >= 11 is 0. The molecule has 3 aromatic rings. The molecule has 1 amide bonds. The predicted octanol–water partition coefficient (Wildman–Crippen LogP) is 6.42. The fraction of sp³-hybridized carbons (Fsp3) is 0.533. The molecule has 8 nitrogen and oxygen atoms in total. The Kier molecular flexibility index (Phi) is 8.94. The van der Waals surface area contributed by atoms with Crippen LogP contribution in [0.2, 0.25) is 0 Å². The number of esters is 1. The summed E-state index contributed by atoms with van der Waals surface area (Å²) in [5.41, 5.74) is 0.576. The Morgan fingerprint density at radius 2 is 1.76 bits per heavy atom. The van der Waals surface area contributed by atoms with Crippen LogP contribution in [0.15, 0.2) is 36.4 Å². The molecule has 0 bridgehead atoms. The third-order valence-electron chi connectivity index (χ3n) is 7.11. The van der Waals surface area contributed by atoms with E-state index in [9.17, 15) is 22.8 Å². The van der Waals surface area contributed by atoms with Gasteiger partial charge < -0.3 is 10.1 Å². The first-order chi connectivity index (χ1) is 19.2. The van der Waals surface area contributed by atoms with E-state index in [2.05, 4.69) is 15.5 Å². The van der Waals surface area contributed by atoms with Gasteiger partial charge in [0.1, 0.15) is 5.60 Å². The Labute approximate surface area is 238 Å². The number of aryl methyl sites for hydroxylation is 3. The molecule has 1 unspecified atom stereocenters. The molecule has 1 N–H and O–H groups in total. The normalized spacial score (nSPS) is 15.2. The summed E-state index contributed by atoms with van der Waals surface area (Å²) in [6, 6.07) is 8.00. The highest BCUT2D eigenvalue weighted by Gasteiger charge is 2.35. The van der Waals surface area contributed by atoms with E-state index in [0.717, 1.165) is 43.1 Å². The summed E-state index contributed by atoms with van der Waals surface area (Å²) < 4.78 is 50.6. The highest BCUT2D eigenvalue weighted by Crippen LogP contribution is 2.40. The molecule has 41 heavy (non-hydrogen) atoms. The lowest BCUT2D eigenvalue weighted by Crippen LogP contribution is -2.39. The molecular weight excluding hydrogens is 535 g/mol. The van der Waals surface area contributed by atoms with E-state index in [0.29, 0.717) is 13.0 Å². The van der Waals surface area contributed by atoms with Gasteiger partial charge in [-0.3, -0.25) is 19.0 Å². The van der Waals surface area contributed by atoms with E-state index in [4.69, 9.17) is 4.74 Å². The zero-order valence-electron chi connectivity index (χ0n) is 24.2. The van der Waals surface area contributed by atoms with Crippen LogP contribution in [-0.2, 0) is 22.3 Å². The zero-order valence-corrected chi connectivity index (χ0v) is 24.2. The minimum atomic E-state index is -4.56. The van der Waals surface area contributed by atoms with E-state index >= 15 is 0 Å². The van der Waals surface area contributed by atoms with Gasteiger partial charge in [-0.1, -0.05) is 31.0 Å². The second-order valence-electron chi connectivity index (χ2n) is 11.7. The molecule has 1 aliphatic rings. The van der Waals surface area contributed by atoms with Crippen molar-refractivity contribution in [3.63, 3.8) is 0 Å². The van der Waals surface area contributed by atoms with Crippen molar-refractivity contribution >= 4 is 11.9 Å². The number of aromatic nitrogens is 4. The van der Waals surface area contributed by atoms with Crippen LogP contribution in [0.25, 0.3) is 11.3 Å². The number of benzene rings is 1. The van der Waals surface area contributed by atoms with Crippen LogP contribution >= 0.6 is 0 Å². The Hall–Kier alpha value is -3.63. The van der Waals surface area contributed by atoms with E-state index in [-0.39, 0.29) is 29.4 Å². The van der Waals surface area contributed by atoms with Gasteiger partial charge in [0.05, 0.1) is 29.4 Å². The Morgan fingerprint density at radius 1 is 1.07 bits per heavy atom. The van der Waals surface area contributed by atoms with E-state index < -0.39 is 35.3 Å². The molecule has 0 radical (unpaired) electrons. The highest BCUT2D eigenvalue weighted by molar-refractivity contribution is 5.94. The molecule has 1 fully saturated rings. The van der Waals surface area contributed by atoms with Crippen LogP contribution in [0.4, 0.5) is 13.2 Å². The first-order valence-corrected chi connectivity index (χ1v) is 14.0. The van der Waals surface area contributed by atoms with Crippen LogP contribution in [0, 0.1) is 13.8 Å². The largest absolute Gasteiger partial charge is 0.460 e. The van der Waals surface area contributed by atoms with Crippen molar-refractivity contribution in [1.82, 2.24) is 24.9 Å². The lowest BCUT2D eigenvalue weighted by Gasteiger charge is -2.23. The van der Waals surface area contributed by atoms with E-state index in [1.807, 2.05) is 24.6 Å². The van der Waals surface area contributed by atoms with Crippen LogP contribution in [0.3, 0.4) is 0 Å². The van der Waals surface area contributed by atoms with Gasteiger partial charge in [-0.15, -0.1) is 0 Å². The number of hydrogen-bond donors (Lipinski definition) is 1. The van der Waals surface area contributed by atoms with Gasteiger partial charge in [0, 0.05) is 23.8 Å². The van der Waals surface area contributed by atoms with Gasteiger partial charge in [-0.2, -0.15) is 23.4 Å². The number of carbonyl (C=O) groups excluding carboxylic acids is 2. The summed E-state index contributed by atoms with van der Waals surface area (Å²) in [4.78, 5) is 26.2. The standard InChI is InChI=1S/C30H38F3N5O3/c1-19-16-20(2)37(35-19)15-14-21(17-27(39)41-29(3,4)5)34-28(40)25-18-26(38(36-25)22-10-6-7-11-22)23-12-8-9-13-24(23)30(31,32)33/h8-9,12-13,16,18,21-22H,6-7,10-11,14-15,17H2,1-5H3,(H,34,40). The molecule has 0 aliphatic heterocycles. The monoisotopic (exact) mass is 573 g/mol. The number of amides is 1. The van der Waals surface area contributed by atoms with E-state index in [1.165, 1.54) is 18.2 Å². The summed E-state index contributed by atoms with van der Waals surface area (Å²) in [7, 11) is 0. The van der Waals surface area contributed by atoms with Crippen LogP contribution < -0.4 is 5.32 Å². The van der Waals surface area contributed by atoms with Gasteiger partial charge in [-0.05, 0) is 72.1 Å². The fourth-order valence-corrected chi connectivity index (χ4v) is 5.34. The van der Waals surface area contributed by atoms with Gasteiger partial charge in [0.2, 0.25) is 0 Å². The van der Waals surface area contributed by atoms with Crippen LogP contribution in [-0.4, -0.2) is 43.1 Å². The molecule has 1 aliphatic carbocycles. The average molecular weight is 574 g/mol. The Bertz CT molecular complexity index is 1380. The van der Waals surface area contributed by atoms with Crippen LogP contribution in [0.1, 0.15) is 92.8 Å². The molecule has 0 saturated heterocycles. The van der Waals surface area contributed by atoms with Crippen molar-refractivity contribution in [2.75, 3.05) is 0 Å². The van der Waals surface area contributed by atoms with Gasteiger partial charge in [0.15, 0.2) is 5.69 Å². The van der Waals surface area contributed by atoms with Crippen molar-refractivity contribution in [3.05, 3.63) is 59.0 Å². The van der Waals surface area contributed by atoms with Crippen LogP contribution in [0.5, 0.6) is 0 Å². The number of alkyl halides is 3. The number of rotatable bonds is 9. The molecule has 2 aromatic heterocycles. The molecule has 0 spiro atoms. The summed E-state index contributed by atoms with van der Waals surface area (Å²) in [6.45, 7) is 9.57. The Balaban J connectivity index is 1.63. The summed E-state index contributed by atoms with van der Waals surface area (Å²) in [5.74, 6) is -1.03. The topological polar surface area (TPSA) is 91.0 Å². The maximum Gasteiger partial charge on any atom is 0.417 e. The molecule has 1 aromatic carbocycles. The first-order valence-electron chi connectivity index (χ1n) is 14.0. The second kappa shape index (κ2) is 12.1. The highest BCUT2D eigenvalue weighted by atomic mass is 19.4. The lowest BCUT2D eigenvalue weighted by molar-refractivity contribution is -0.155. The number of hydrogen-bond acceptors (Lipinski definition) is 5. The van der Waals surface area contributed by atoms with Gasteiger partial charge in [-0.25, -0.2) is 0 Å². The SMILES string of the molecule is Cc1cc(C)n(CCC(CC(=O)OC(C)(C)C)NC(=O)c2cc(-c3ccccc3C(F)(F)F)n(C3CCCC3)n2)n1. The summed E-state index contributed by atoms with van der Waals surface area (Å²) in [5, 5.41) is 11.9. The average Bonchev–Trinajstić information content (AvgIpc) is 3.60. The molecular formula is C30H38F3N5O3. The zero-order chi connectivity index (χ0) is 29.9. The molecule has 2 heterocycles. The van der Waals surface area contributed by atoms with Crippen molar-refractivity contribution < 1.29 is 27.5 Å². The van der Waals surface area contributed by atoms with Crippen molar-refractivity contribution in [1.29, 1.82) is 0 Å². The molecule has 1 saturated carbocycles. The van der Waals surface area contributed by atoms with Crippen molar-refractivity contribution in [2.24, 2.45) is 0 Å². The number of halogens is 3. The molecule has 222 valence electrons. The van der Waals surface area contributed by atoms with Gasteiger partial charge in [0.25, 0.3) is 5.91 Å². The third kappa shape index (κ3) is 7.77. The third-order valence-corrected chi connectivity index (χ3v) is 7.11. The van der Waals surface area contributed by atoms with Crippen molar-refractivity contribution in [3.8, 4) is 11.3 Å². The van der Waals surface area contributed by atoms with Crippen molar-refractivity contribution in [2.45, 2.75) is 104 Å². The summed E-state index contributed by atoms with van der Waals surface area (Å²) in [6.07, 6.45) is -0.824. The number of nitrogens with one attached hydrogen (secondary N) is 1. The fourth-order valence-electron chi connectivity index (χ4n) is 5.34. The minimum Gasteiger partial charge on any atom is -0.460 e. The molecule has 1 atom stereocenters. The van der Waals surface area contributed by atoms with Gasteiger partial charge >= 0.3 is 12.1 Å². The smallest absolute Gasteiger partial charge is 0.417 e.